The molecule has 2 unspecified atom stereocenters. The minimum Gasteiger partial charge on any atom is -0.475 e. The van der Waals surface area contributed by atoms with E-state index in [2.05, 4.69) is 25.5 Å². The highest BCUT2D eigenvalue weighted by Gasteiger charge is 2.39. The molecule has 2 aromatic carbocycles. The van der Waals surface area contributed by atoms with Gasteiger partial charge in [-0.05, 0) is 35.9 Å². The van der Waals surface area contributed by atoms with Gasteiger partial charge in [-0.2, -0.15) is 31.4 Å². The molecular weight excluding hydrogens is 670 g/mol. The third-order valence-electron chi connectivity index (χ3n) is 6.66. The molecule has 0 aliphatic carbocycles. The third-order valence-corrected chi connectivity index (χ3v) is 6.66. The van der Waals surface area contributed by atoms with Gasteiger partial charge in [-0.1, -0.05) is 0 Å². The van der Waals surface area contributed by atoms with Crippen LogP contribution in [0, 0.1) is 5.82 Å². The van der Waals surface area contributed by atoms with Crippen molar-refractivity contribution in [3.05, 3.63) is 59.0 Å². The number of anilines is 1. The van der Waals surface area contributed by atoms with Crippen LogP contribution in [0.25, 0.3) is 10.9 Å². The lowest BCUT2D eigenvalue weighted by molar-refractivity contribution is -0.192. The lowest BCUT2D eigenvalue weighted by atomic mass is 9.86. The number of carbonyl (C=O) groups is 4. The van der Waals surface area contributed by atoms with E-state index in [0.29, 0.717) is 6.07 Å². The zero-order valence-electron chi connectivity index (χ0n) is 24.3. The fourth-order valence-corrected chi connectivity index (χ4v) is 4.50. The largest absolute Gasteiger partial charge is 0.490 e. The summed E-state index contributed by atoms with van der Waals surface area (Å²) in [5.74, 6) is -8.28. The van der Waals surface area contributed by atoms with Gasteiger partial charge in [0.15, 0.2) is 5.96 Å². The van der Waals surface area contributed by atoms with Crippen LogP contribution < -0.4 is 22.1 Å². The van der Waals surface area contributed by atoms with E-state index in [1.165, 1.54) is 18.3 Å². The Labute approximate surface area is 263 Å². The highest BCUT2D eigenvalue weighted by atomic mass is 19.4. The topological polar surface area (TPSA) is 204 Å². The average molecular weight is 696 g/mol. The number of carboxylic acids is 1. The highest BCUT2D eigenvalue weighted by Crippen LogP contribution is 2.39. The van der Waals surface area contributed by atoms with Crippen LogP contribution in [0.5, 0.6) is 0 Å². The molecule has 0 spiro atoms. The summed E-state index contributed by atoms with van der Waals surface area (Å²) >= 11 is 0. The van der Waals surface area contributed by atoms with Crippen LogP contribution in [0.4, 0.5) is 40.8 Å². The maximum absolute atomic E-state index is 14.4. The predicted octanol–water partition coefficient (Wildman–Crippen LogP) is 3.01. The summed E-state index contributed by atoms with van der Waals surface area (Å²) in [6.07, 6.45) is -10.6. The number of fused-ring (bicyclic) bond motifs is 1. The summed E-state index contributed by atoms with van der Waals surface area (Å²) in [6, 6.07) is 2.58. The summed E-state index contributed by atoms with van der Waals surface area (Å²) in [5, 5.41) is 17.2. The highest BCUT2D eigenvalue weighted by molar-refractivity contribution is 6.07. The van der Waals surface area contributed by atoms with Crippen LogP contribution in [0.2, 0.25) is 0 Å². The first-order valence-corrected chi connectivity index (χ1v) is 13.3. The number of nitrogens with zero attached hydrogens (tertiary/aromatic N) is 3. The van der Waals surface area contributed by atoms with Gasteiger partial charge in [-0.3, -0.25) is 19.1 Å². The smallest absolute Gasteiger partial charge is 0.475 e. The molecule has 1 aromatic heterocycles. The normalized spacial score (nSPS) is 16.0. The van der Waals surface area contributed by atoms with Gasteiger partial charge in [0.25, 0.3) is 0 Å². The fourth-order valence-electron chi connectivity index (χ4n) is 4.50. The monoisotopic (exact) mass is 695 g/mol. The Morgan fingerprint density at radius 3 is 2.25 bits per heavy atom. The SMILES string of the molecule is COC(=O)C[C@@H](c1cc(F)cc(C(F)(F)F)c1)C(C(N)=O)n1ncc2c(NC3=NCC(F)CN3)cc(C(N)=O)cc21.O=C(O)C(F)(F)F. The minimum absolute atomic E-state index is 0.0315. The van der Waals surface area contributed by atoms with E-state index in [9.17, 15) is 49.5 Å². The molecule has 0 bridgehead atoms. The number of carboxylic acid groups (broad SMARTS) is 1. The molecule has 0 saturated carbocycles. The number of alkyl halides is 7. The van der Waals surface area contributed by atoms with Crippen molar-refractivity contribution in [3.8, 4) is 0 Å². The molecule has 1 aliphatic rings. The molecule has 7 N–H and O–H groups in total. The first-order chi connectivity index (χ1) is 22.2. The Bertz CT molecular complexity index is 1740. The Morgan fingerprint density at radius 2 is 1.75 bits per heavy atom. The zero-order chi connectivity index (χ0) is 36.1. The first-order valence-electron chi connectivity index (χ1n) is 13.3. The van der Waals surface area contributed by atoms with Crippen LogP contribution in [0.3, 0.4) is 0 Å². The second-order valence-corrected chi connectivity index (χ2v) is 10.0. The van der Waals surface area contributed by atoms with Crippen LogP contribution in [-0.4, -0.2) is 77.1 Å². The first kappa shape index (κ1) is 37.0. The molecule has 3 atom stereocenters. The maximum atomic E-state index is 14.4. The van der Waals surface area contributed by atoms with E-state index in [-0.39, 0.29) is 52.8 Å². The second-order valence-electron chi connectivity index (χ2n) is 10.0. The molecule has 0 saturated heterocycles. The van der Waals surface area contributed by atoms with Crippen molar-refractivity contribution < 1.29 is 64.1 Å². The van der Waals surface area contributed by atoms with Crippen LogP contribution in [0.1, 0.15) is 39.9 Å². The van der Waals surface area contributed by atoms with E-state index in [1.54, 1.807) is 0 Å². The number of methoxy groups -OCH3 is 1. The van der Waals surface area contributed by atoms with Gasteiger partial charge in [0.05, 0.1) is 49.6 Å². The molecule has 2 heterocycles. The van der Waals surface area contributed by atoms with Gasteiger partial charge in [0.1, 0.15) is 18.0 Å². The molecule has 3 aromatic rings. The summed E-state index contributed by atoms with van der Waals surface area (Å²) in [4.78, 5) is 50.3. The average Bonchev–Trinajstić information content (AvgIpc) is 3.40. The number of aliphatic carboxylic acids is 1. The van der Waals surface area contributed by atoms with Gasteiger partial charge >= 0.3 is 24.3 Å². The number of esters is 1. The summed E-state index contributed by atoms with van der Waals surface area (Å²) < 4.78 is 106. The van der Waals surface area contributed by atoms with E-state index in [4.69, 9.17) is 21.4 Å². The zero-order valence-corrected chi connectivity index (χ0v) is 24.3. The minimum atomic E-state index is -5.08. The number of nitrogens with two attached hydrogens (primary N) is 2. The molecule has 1 aliphatic heterocycles. The van der Waals surface area contributed by atoms with Gasteiger partial charge in [-0.15, -0.1) is 0 Å². The van der Waals surface area contributed by atoms with E-state index in [0.717, 1.165) is 17.9 Å². The number of hydrogen-bond donors (Lipinski definition) is 5. The Kier molecular flexibility index (Phi) is 11.2. The molecule has 48 heavy (non-hydrogen) atoms. The predicted molar refractivity (Wildman–Crippen MR) is 150 cm³/mol. The lowest BCUT2D eigenvalue weighted by Gasteiger charge is -2.26. The molecule has 4 rings (SSSR count). The van der Waals surface area contributed by atoms with Crippen LogP contribution in [-0.2, 0) is 25.3 Å². The van der Waals surface area contributed by atoms with Gasteiger partial charge in [-0.25, -0.2) is 18.6 Å². The fraction of sp³-hybridized carbons (Fsp3) is 0.333. The van der Waals surface area contributed by atoms with E-state index >= 15 is 0 Å². The molecular formula is C27H25F8N7O6. The number of carbonyl (C=O) groups excluding carboxylic acids is 3. The number of aromatic nitrogens is 2. The quantitative estimate of drug-likeness (QED) is 0.173. The Morgan fingerprint density at radius 1 is 1.10 bits per heavy atom. The molecule has 260 valence electrons. The number of rotatable bonds is 8. The number of ether oxygens (including phenoxy) is 1. The number of halogens is 8. The number of guanidine groups is 1. The summed E-state index contributed by atoms with van der Waals surface area (Å²) in [6.45, 7) is -0.157. The van der Waals surface area contributed by atoms with Crippen molar-refractivity contribution >= 4 is 46.3 Å². The number of benzene rings is 2. The van der Waals surface area contributed by atoms with Crippen molar-refractivity contribution in [2.75, 3.05) is 25.5 Å². The molecule has 0 fully saturated rings. The number of primary amides is 2. The van der Waals surface area contributed by atoms with Gasteiger partial charge in [0.2, 0.25) is 11.8 Å². The Hall–Kier alpha value is -5.50. The number of amides is 2. The van der Waals surface area contributed by atoms with Crippen molar-refractivity contribution in [2.24, 2.45) is 16.5 Å². The van der Waals surface area contributed by atoms with Crippen molar-refractivity contribution in [2.45, 2.75) is 36.9 Å². The van der Waals surface area contributed by atoms with Gasteiger partial charge in [0, 0.05) is 16.9 Å². The standard InChI is InChI=1S/C25H24F5N7O4.C2HF3O2/c1-41-20(38)7-16(11-2-13(25(28,29)30)6-14(26)3-11)21(23(32)40)37-19-5-12(22(31)39)4-18(17(19)10-35-37)36-24-33-8-15(27)9-34-24;3-2(4,5)1(6)7/h2-6,10,15-16,21H,7-9H2,1H3,(H2,31,39)(H2,32,40)(H2,33,34,36);(H,6,7)/t16-,21?;/m0./s1. The van der Waals surface area contributed by atoms with Crippen molar-refractivity contribution in [1.29, 1.82) is 0 Å². The summed E-state index contributed by atoms with van der Waals surface area (Å²) in [5.41, 5.74) is 9.67. The molecule has 0 radical (unpaired) electrons. The molecule has 13 nitrogen and oxygen atoms in total. The number of aliphatic imine (C=N–C) groups is 1. The van der Waals surface area contributed by atoms with Crippen molar-refractivity contribution in [3.63, 3.8) is 0 Å². The van der Waals surface area contributed by atoms with E-state index < -0.39 is 72.0 Å². The van der Waals surface area contributed by atoms with Gasteiger partial charge < -0.3 is 31.9 Å². The summed E-state index contributed by atoms with van der Waals surface area (Å²) in [7, 11) is 1.03. The van der Waals surface area contributed by atoms with Crippen molar-refractivity contribution in [1.82, 2.24) is 15.1 Å². The lowest BCUT2D eigenvalue weighted by Crippen LogP contribution is -2.41. The van der Waals surface area contributed by atoms with Crippen LogP contribution in [0.15, 0.2) is 41.5 Å². The maximum Gasteiger partial charge on any atom is 0.490 e. The number of hydrogen-bond acceptors (Lipinski definition) is 9. The molecule has 21 heteroatoms. The Balaban J connectivity index is 0.000000804. The van der Waals surface area contributed by atoms with E-state index in [1.807, 2.05) is 0 Å². The molecule has 2 amide bonds. The van der Waals surface area contributed by atoms with Crippen LogP contribution >= 0.6 is 0 Å². The second kappa shape index (κ2) is 14.5. The number of nitrogens with one attached hydrogen (secondary N) is 2. The third kappa shape index (κ3) is 9.06.